The van der Waals surface area contributed by atoms with E-state index in [4.69, 9.17) is 0 Å². The van der Waals surface area contributed by atoms with Crippen LogP contribution in [-0.4, -0.2) is 16.3 Å². The number of aromatic hydroxyl groups is 1. The van der Waals surface area contributed by atoms with Crippen LogP contribution in [0.15, 0.2) is 52.3 Å². The first kappa shape index (κ1) is 11.7. The number of hydrogen-bond acceptors (Lipinski definition) is 4. The molecule has 0 atom stereocenters. The summed E-state index contributed by atoms with van der Waals surface area (Å²) >= 11 is 1.16. The lowest BCUT2D eigenvalue weighted by atomic mass is 10.2. The number of fused-ring (bicyclic) bond motifs is 1. The Morgan fingerprint density at radius 2 is 2.05 bits per heavy atom. The number of aliphatic imine (C=N–C) groups is 1. The molecule has 0 bridgehead atoms. The van der Waals surface area contributed by atoms with Crippen LogP contribution in [0.4, 0.5) is 5.69 Å². The minimum absolute atomic E-state index is 0.0724. The number of hydrogen-bond donors (Lipinski definition) is 2. The molecule has 0 fully saturated rings. The van der Waals surface area contributed by atoms with Gasteiger partial charge in [0.2, 0.25) is 0 Å². The summed E-state index contributed by atoms with van der Waals surface area (Å²) in [7, 11) is 0. The zero-order valence-corrected chi connectivity index (χ0v) is 10.6. The monoisotopic (exact) mass is 270 g/mol. The van der Waals surface area contributed by atoms with Crippen LogP contribution in [-0.2, 0) is 0 Å². The first-order chi connectivity index (χ1) is 9.22. The Morgan fingerprint density at radius 3 is 2.89 bits per heavy atom. The number of phenols is 1. The standard InChI is InChI=1S/C14H10N2O2S/c17-12-4-2-1-3-9(12)8-15-10-5-6-11-13(7-10)19-14(18)16-11/h1-8,17H,(H,16,18). The first-order valence-corrected chi connectivity index (χ1v) is 6.49. The quantitative estimate of drug-likeness (QED) is 0.703. The first-order valence-electron chi connectivity index (χ1n) is 5.67. The van der Waals surface area contributed by atoms with Gasteiger partial charge in [0.25, 0.3) is 0 Å². The maximum atomic E-state index is 11.2. The van der Waals surface area contributed by atoms with Crippen molar-refractivity contribution in [2.45, 2.75) is 0 Å². The molecule has 2 N–H and O–H groups in total. The molecule has 1 heterocycles. The van der Waals surface area contributed by atoms with Crippen molar-refractivity contribution >= 4 is 33.5 Å². The number of phenolic OH excluding ortho intramolecular Hbond substituents is 1. The number of rotatable bonds is 2. The van der Waals surface area contributed by atoms with Gasteiger partial charge in [0.1, 0.15) is 5.75 Å². The average molecular weight is 270 g/mol. The van der Waals surface area contributed by atoms with Crippen molar-refractivity contribution in [2.75, 3.05) is 0 Å². The van der Waals surface area contributed by atoms with Crippen molar-refractivity contribution in [1.82, 2.24) is 4.98 Å². The van der Waals surface area contributed by atoms with Gasteiger partial charge >= 0.3 is 4.87 Å². The molecule has 0 saturated heterocycles. The molecule has 19 heavy (non-hydrogen) atoms. The molecule has 0 aliphatic rings. The summed E-state index contributed by atoms with van der Waals surface area (Å²) < 4.78 is 0.872. The zero-order valence-electron chi connectivity index (χ0n) is 9.83. The number of benzene rings is 2. The van der Waals surface area contributed by atoms with Crippen molar-refractivity contribution in [3.05, 3.63) is 57.7 Å². The highest BCUT2D eigenvalue weighted by Gasteiger charge is 2.00. The molecule has 3 aromatic rings. The lowest BCUT2D eigenvalue weighted by molar-refractivity contribution is 0.474. The van der Waals surface area contributed by atoms with Crippen molar-refractivity contribution in [1.29, 1.82) is 0 Å². The lowest BCUT2D eigenvalue weighted by Crippen LogP contribution is -1.89. The third-order valence-electron chi connectivity index (χ3n) is 2.69. The Bertz CT molecular complexity index is 817. The Morgan fingerprint density at radius 1 is 1.21 bits per heavy atom. The van der Waals surface area contributed by atoms with Crippen molar-refractivity contribution in [2.24, 2.45) is 4.99 Å². The fraction of sp³-hybridized carbons (Fsp3) is 0. The van der Waals surface area contributed by atoms with Gasteiger partial charge in [-0.25, -0.2) is 0 Å². The molecule has 0 aliphatic carbocycles. The van der Waals surface area contributed by atoms with E-state index in [9.17, 15) is 9.90 Å². The molecule has 1 aromatic heterocycles. The van der Waals surface area contributed by atoms with E-state index in [0.717, 1.165) is 27.2 Å². The van der Waals surface area contributed by atoms with Gasteiger partial charge in [0, 0.05) is 11.8 Å². The van der Waals surface area contributed by atoms with Crippen LogP contribution < -0.4 is 4.87 Å². The van der Waals surface area contributed by atoms with Crippen molar-refractivity contribution in [3.63, 3.8) is 0 Å². The molecule has 0 aliphatic heterocycles. The molecular weight excluding hydrogens is 260 g/mol. The van der Waals surface area contributed by atoms with Crippen LogP contribution in [0.5, 0.6) is 5.75 Å². The van der Waals surface area contributed by atoms with Crippen molar-refractivity contribution < 1.29 is 5.11 Å². The summed E-state index contributed by atoms with van der Waals surface area (Å²) in [6.45, 7) is 0. The van der Waals surface area contributed by atoms with Crippen LogP contribution in [0.3, 0.4) is 0 Å². The van der Waals surface area contributed by atoms with E-state index in [1.807, 2.05) is 24.3 Å². The maximum absolute atomic E-state index is 11.2. The second-order valence-corrected chi connectivity index (χ2v) is 5.03. The number of thiazole rings is 1. The van der Waals surface area contributed by atoms with Crippen LogP contribution in [0, 0.1) is 0 Å². The minimum atomic E-state index is -0.0724. The normalized spacial score (nSPS) is 11.4. The predicted octanol–water partition coefficient (Wildman–Crippen LogP) is 3.05. The third kappa shape index (κ3) is 2.41. The molecule has 94 valence electrons. The summed E-state index contributed by atoms with van der Waals surface area (Å²) in [5, 5.41) is 9.63. The highest BCUT2D eigenvalue weighted by molar-refractivity contribution is 7.16. The fourth-order valence-electron chi connectivity index (χ4n) is 1.76. The van der Waals surface area contributed by atoms with Crippen molar-refractivity contribution in [3.8, 4) is 5.75 Å². The topological polar surface area (TPSA) is 65.5 Å². The smallest absolute Gasteiger partial charge is 0.305 e. The molecule has 3 rings (SSSR count). The molecule has 0 spiro atoms. The molecule has 5 heteroatoms. The molecular formula is C14H10N2O2S. The SMILES string of the molecule is O=c1[nH]c2ccc(N=Cc3ccccc3O)cc2s1. The van der Waals surface area contributed by atoms with Crippen LogP contribution in [0.1, 0.15) is 5.56 Å². The van der Waals surface area contributed by atoms with Crippen LogP contribution >= 0.6 is 11.3 Å². The van der Waals surface area contributed by atoms with Crippen LogP contribution in [0.25, 0.3) is 10.2 Å². The summed E-state index contributed by atoms with van der Waals surface area (Å²) in [6, 6.07) is 12.5. The fourth-order valence-corrected chi connectivity index (χ4v) is 2.52. The molecule has 0 unspecified atom stereocenters. The van der Waals surface area contributed by atoms with Gasteiger partial charge in [-0.05, 0) is 30.3 Å². The number of nitrogens with one attached hydrogen (secondary N) is 1. The van der Waals surface area contributed by atoms with Gasteiger partial charge in [-0.15, -0.1) is 0 Å². The van der Waals surface area contributed by atoms with Gasteiger partial charge in [-0.2, -0.15) is 0 Å². The van der Waals surface area contributed by atoms with E-state index in [1.54, 1.807) is 24.4 Å². The zero-order chi connectivity index (χ0) is 13.2. The molecule has 0 amide bonds. The van der Waals surface area contributed by atoms with Crippen LogP contribution in [0.2, 0.25) is 0 Å². The van der Waals surface area contributed by atoms with Gasteiger partial charge in [-0.1, -0.05) is 23.5 Å². The molecule has 2 aromatic carbocycles. The number of aromatic amines is 1. The molecule has 0 radical (unpaired) electrons. The largest absolute Gasteiger partial charge is 0.507 e. The highest BCUT2D eigenvalue weighted by atomic mass is 32.1. The average Bonchev–Trinajstić information content (AvgIpc) is 2.77. The Balaban J connectivity index is 1.97. The number of H-pyrrole nitrogens is 1. The second kappa shape index (κ2) is 4.70. The minimum Gasteiger partial charge on any atom is -0.507 e. The Labute approximate surface area is 112 Å². The van der Waals surface area contributed by atoms with Gasteiger partial charge < -0.3 is 10.1 Å². The van der Waals surface area contributed by atoms with E-state index in [1.165, 1.54) is 0 Å². The van der Waals surface area contributed by atoms with Gasteiger partial charge in [-0.3, -0.25) is 9.79 Å². The molecule has 0 saturated carbocycles. The maximum Gasteiger partial charge on any atom is 0.305 e. The number of aromatic nitrogens is 1. The number of para-hydroxylation sites is 1. The Hall–Kier alpha value is -2.40. The summed E-state index contributed by atoms with van der Waals surface area (Å²) in [6.07, 6.45) is 1.60. The van der Waals surface area contributed by atoms with E-state index in [-0.39, 0.29) is 10.6 Å². The third-order valence-corrected chi connectivity index (χ3v) is 3.54. The van der Waals surface area contributed by atoms with E-state index in [2.05, 4.69) is 9.98 Å². The summed E-state index contributed by atoms with van der Waals surface area (Å²) in [5.41, 5.74) is 2.22. The summed E-state index contributed by atoms with van der Waals surface area (Å²) in [4.78, 5) is 18.2. The highest BCUT2D eigenvalue weighted by Crippen LogP contribution is 2.22. The predicted molar refractivity (Wildman–Crippen MR) is 77.8 cm³/mol. The lowest BCUT2D eigenvalue weighted by Gasteiger charge is -1.97. The van der Waals surface area contributed by atoms with Gasteiger partial charge in [0.05, 0.1) is 15.9 Å². The van der Waals surface area contributed by atoms with Gasteiger partial charge in [0.15, 0.2) is 0 Å². The molecule has 4 nitrogen and oxygen atoms in total. The Kier molecular flexibility index (Phi) is 2.89. The van der Waals surface area contributed by atoms with E-state index in [0.29, 0.717) is 5.56 Å². The van der Waals surface area contributed by atoms with E-state index < -0.39 is 0 Å². The second-order valence-electron chi connectivity index (χ2n) is 4.01. The summed E-state index contributed by atoms with van der Waals surface area (Å²) in [5.74, 6) is 0.193. The van der Waals surface area contributed by atoms with E-state index >= 15 is 0 Å². The number of nitrogens with zero attached hydrogens (tertiary/aromatic N) is 1.